The van der Waals surface area contributed by atoms with Gasteiger partial charge in [-0.25, -0.2) is 12.8 Å². The van der Waals surface area contributed by atoms with Crippen LogP contribution in [0.2, 0.25) is 0 Å². The van der Waals surface area contributed by atoms with Crippen molar-refractivity contribution in [3.05, 3.63) is 22.4 Å². The number of hydrogen-bond acceptors (Lipinski definition) is 4. The van der Waals surface area contributed by atoms with E-state index in [1.807, 2.05) is 0 Å². The Bertz CT molecular complexity index is 594. The predicted octanol–water partition coefficient (Wildman–Crippen LogP) is 1.32. The van der Waals surface area contributed by atoms with Crippen molar-refractivity contribution in [2.24, 2.45) is 0 Å². The lowest BCUT2D eigenvalue weighted by molar-refractivity contribution is 0.213. The van der Waals surface area contributed by atoms with Crippen molar-refractivity contribution in [3.63, 3.8) is 0 Å². The number of sulfonamides is 1. The van der Waals surface area contributed by atoms with Gasteiger partial charge in [0.25, 0.3) is 0 Å². The van der Waals surface area contributed by atoms with E-state index in [1.165, 1.54) is 0 Å². The quantitative estimate of drug-likeness (QED) is 0.803. The zero-order valence-corrected chi connectivity index (χ0v) is 12.4. The molecule has 0 radical (unpaired) electrons. The van der Waals surface area contributed by atoms with Crippen LogP contribution >= 0.6 is 15.9 Å². The second-order valence-corrected chi connectivity index (χ2v) is 7.11. The minimum atomic E-state index is -3.97. The average molecular weight is 353 g/mol. The molecule has 3 N–H and O–H groups in total. The molecular formula is C11H14BrFN2O3S. The Morgan fingerprint density at radius 3 is 2.84 bits per heavy atom. The number of nitrogens with two attached hydrogens (primary N) is 1. The lowest BCUT2D eigenvalue weighted by Crippen LogP contribution is -2.38. The van der Waals surface area contributed by atoms with Crippen molar-refractivity contribution in [3.8, 4) is 0 Å². The first-order chi connectivity index (χ1) is 8.87. The van der Waals surface area contributed by atoms with Crippen LogP contribution in [-0.2, 0) is 10.0 Å². The summed E-state index contributed by atoms with van der Waals surface area (Å²) in [6, 6.07) is 1.64. The molecule has 1 aromatic carbocycles. The number of aliphatic hydroxyl groups excluding tert-OH is 1. The maximum atomic E-state index is 13.9. The fourth-order valence-electron chi connectivity index (χ4n) is 2.18. The van der Waals surface area contributed by atoms with Gasteiger partial charge in [-0.3, -0.25) is 0 Å². The van der Waals surface area contributed by atoms with E-state index in [-0.39, 0.29) is 18.8 Å². The van der Waals surface area contributed by atoms with Crippen molar-refractivity contribution >= 4 is 31.6 Å². The third kappa shape index (κ3) is 2.62. The molecule has 1 aliphatic heterocycles. The molecule has 0 amide bonds. The minimum Gasteiger partial charge on any atom is -0.398 e. The maximum absolute atomic E-state index is 13.9. The van der Waals surface area contributed by atoms with Gasteiger partial charge < -0.3 is 10.8 Å². The molecule has 1 fully saturated rings. The monoisotopic (exact) mass is 352 g/mol. The zero-order chi connectivity index (χ0) is 14.2. The SMILES string of the molecule is Nc1cc(S(=O)(=O)N2CCC[C@@H]2CO)c(F)cc1Br. The van der Waals surface area contributed by atoms with Crippen LogP contribution in [0.3, 0.4) is 0 Å². The second-order valence-electron chi connectivity index (χ2n) is 4.40. The molecule has 0 spiro atoms. The van der Waals surface area contributed by atoms with Crippen molar-refractivity contribution < 1.29 is 17.9 Å². The van der Waals surface area contributed by atoms with Crippen molar-refractivity contribution in [1.82, 2.24) is 4.31 Å². The molecule has 0 aliphatic carbocycles. The highest BCUT2D eigenvalue weighted by Crippen LogP contribution is 2.31. The van der Waals surface area contributed by atoms with E-state index >= 15 is 0 Å². The maximum Gasteiger partial charge on any atom is 0.246 e. The first kappa shape index (κ1) is 14.7. The number of nitrogen functional groups attached to an aromatic ring is 1. The molecule has 1 aromatic rings. The largest absolute Gasteiger partial charge is 0.398 e. The molecule has 0 unspecified atom stereocenters. The van der Waals surface area contributed by atoms with Crippen LogP contribution in [0.4, 0.5) is 10.1 Å². The van der Waals surface area contributed by atoms with Crippen LogP contribution < -0.4 is 5.73 Å². The van der Waals surface area contributed by atoms with E-state index in [2.05, 4.69) is 15.9 Å². The standard InChI is InChI=1S/C11H14BrFN2O3S/c12-8-4-9(13)11(5-10(8)14)19(17,18)15-3-1-2-7(15)6-16/h4-5,7,16H,1-3,6,14H2/t7-/m1/s1. The van der Waals surface area contributed by atoms with Crippen molar-refractivity contribution in [2.45, 2.75) is 23.8 Å². The summed E-state index contributed by atoms with van der Waals surface area (Å²) in [6.45, 7) is 0.00975. The highest BCUT2D eigenvalue weighted by molar-refractivity contribution is 9.10. The Labute approximate surface area is 119 Å². The number of aliphatic hydroxyl groups is 1. The molecular weight excluding hydrogens is 339 g/mol. The van der Waals surface area contributed by atoms with Crippen LogP contribution in [0.25, 0.3) is 0 Å². The summed E-state index contributed by atoms with van der Waals surface area (Å²) in [5.74, 6) is -0.857. The van der Waals surface area contributed by atoms with E-state index in [9.17, 15) is 17.9 Å². The van der Waals surface area contributed by atoms with E-state index in [0.717, 1.165) is 16.4 Å². The molecule has 5 nitrogen and oxygen atoms in total. The van der Waals surface area contributed by atoms with Gasteiger partial charge in [0.1, 0.15) is 10.7 Å². The Morgan fingerprint density at radius 2 is 2.21 bits per heavy atom. The first-order valence-electron chi connectivity index (χ1n) is 5.75. The third-order valence-corrected chi connectivity index (χ3v) is 5.83. The zero-order valence-electron chi connectivity index (χ0n) is 10.0. The Balaban J connectivity index is 2.48. The van der Waals surface area contributed by atoms with Gasteiger partial charge in [0.2, 0.25) is 10.0 Å². The molecule has 19 heavy (non-hydrogen) atoms. The summed E-state index contributed by atoms with van der Waals surface area (Å²) in [5, 5.41) is 9.18. The van der Waals surface area contributed by atoms with Crippen LogP contribution in [0.15, 0.2) is 21.5 Å². The number of nitrogens with zero attached hydrogens (tertiary/aromatic N) is 1. The first-order valence-corrected chi connectivity index (χ1v) is 7.98. The fourth-order valence-corrected chi connectivity index (χ4v) is 4.26. The fraction of sp³-hybridized carbons (Fsp3) is 0.455. The number of anilines is 1. The van der Waals surface area contributed by atoms with Crippen LogP contribution in [0, 0.1) is 5.82 Å². The average Bonchev–Trinajstić information content (AvgIpc) is 2.82. The molecule has 0 saturated carbocycles. The van der Waals surface area contributed by atoms with E-state index in [4.69, 9.17) is 5.73 Å². The number of hydrogen-bond donors (Lipinski definition) is 2. The van der Waals surface area contributed by atoms with Gasteiger partial charge in [-0.05, 0) is 40.9 Å². The minimum absolute atomic E-state index is 0.153. The summed E-state index contributed by atoms with van der Waals surface area (Å²) in [6.07, 6.45) is 1.22. The predicted molar refractivity (Wildman–Crippen MR) is 72.5 cm³/mol. The van der Waals surface area contributed by atoms with Gasteiger partial charge in [0.15, 0.2) is 0 Å². The van der Waals surface area contributed by atoms with Gasteiger partial charge >= 0.3 is 0 Å². The van der Waals surface area contributed by atoms with Crippen molar-refractivity contribution in [2.75, 3.05) is 18.9 Å². The summed E-state index contributed by atoms with van der Waals surface area (Å²) in [7, 11) is -3.97. The Kier molecular flexibility index (Phi) is 4.14. The van der Waals surface area contributed by atoms with Gasteiger partial charge in [-0.1, -0.05) is 0 Å². The highest BCUT2D eigenvalue weighted by atomic mass is 79.9. The van der Waals surface area contributed by atoms with Gasteiger partial charge in [0.05, 0.1) is 6.61 Å². The van der Waals surface area contributed by atoms with Gasteiger partial charge in [-0.2, -0.15) is 4.31 Å². The topological polar surface area (TPSA) is 83.6 Å². The highest BCUT2D eigenvalue weighted by Gasteiger charge is 2.36. The summed E-state index contributed by atoms with van der Waals surface area (Å²) in [4.78, 5) is -0.450. The molecule has 1 saturated heterocycles. The molecule has 0 aromatic heterocycles. The summed E-state index contributed by atoms with van der Waals surface area (Å²) < 4.78 is 40.1. The van der Waals surface area contributed by atoms with Crippen LogP contribution in [-0.4, -0.2) is 37.0 Å². The smallest absolute Gasteiger partial charge is 0.246 e. The van der Waals surface area contributed by atoms with E-state index in [0.29, 0.717) is 17.3 Å². The Morgan fingerprint density at radius 1 is 1.53 bits per heavy atom. The molecule has 2 rings (SSSR count). The number of halogens is 2. The number of benzene rings is 1. The normalized spacial score (nSPS) is 20.9. The molecule has 8 heteroatoms. The lowest BCUT2D eigenvalue weighted by atomic mass is 10.2. The molecule has 106 valence electrons. The Hall–Kier alpha value is -0.700. The summed E-state index contributed by atoms with van der Waals surface area (Å²) >= 11 is 3.04. The molecule has 1 aliphatic rings. The number of rotatable bonds is 3. The second kappa shape index (κ2) is 5.35. The summed E-state index contributed by atoms with van der Waals surface area (Å²) in [5.41, 5.74) is 5.76. The van der Waals surface area contributed by atoms with E-state index in [1.54, 1.807) is 0 Å². The van der Waals surface area contributed by atoms with Crippen molar-refractivity contribution in [1.29, 1.82) is 0 Å². The van der Waals surface area contributed by atoms with Crippen LogP contribution in [0.5, 0.6) is 0 Å². The lowest BCUT2D eigenvalue weighted by Gasteiger charge is -2.22. The van der Waals surface area contributed by atoms with Gasteiger partial charge in [0, 0.05) is 22.7 Å². The molecule has 1 heterocycles. The van der Waals surface area contributed by atoms with Gasteiger partial charge in [-0.15, -0.1) is 0 Å². The molecule has 0 bridgehead atoms. The molecule has 1 atom stereocenters. The third-order valence-electron chi connectivity index (χ3n) is 3.17. The van der Waals surface area contributed by atoms with Crippen LogP contribution in [0.1, 0.15) is 12.8 Å². The van der Waals surface area contributed by atoms with E-state index < -0.39 is 26.8 Å².